The molecule has 776 valence electrons. The van der Waals surface area contributed by atoms with E-state index in [0.29, 0.717) is 155 Å². The number of nitrogens with zero attached hydrogens (tertiary/aromatic N) is 8. The number of Topliss-reactive ketones (excluding diaryl/α,β-unsaturated/α-hetero) is 3. The summed E-state index contributed by atoms with van der Waals surface area (Å²) in [5.74, 6) is -4.01. The van der Waals surface area contributed by atoms with E-state index >= 15 is 0 Å². The molecule has 13 amide bonds. The lowest BCUT2D eigenvalue weighted by Gasteiger charge is -2.32. The van der Waals surface area contributed by atoms with Crippen molar-refractivity contribution >= 4 is 94.1 Å². The van der Waals surface area contributed by atoms with Crippen molar-refractivity contribution in [2.24, 2.45) is 17.8 Å². The number of rotatable bonds is 16. The number of fused-ring (bicyclic) bond motifs is 8. The van der Waals surface area contributed by atoms with Gasteiger partial charge in [0.25, 0.3) is 0 Å². The maximum atomic E-state index is 13.9. The Morgan fingerprint density at radius 3 is 0.588 bits per heavy atom. The van der Waals surface area contributed by atoms with Gasteiger partial charge in [-0.15, -0.1) is 0 Å². The second-order valence-electron chi connectivity index (χ2n) is 42.1. The third-order valence-corrected chi connectivity index (χ3v) is 31.5. The van der Waals surface area contributed by atoms with Gasteiger partial charge in [-0.2, -0.15) is 0 Å². The highest BCUT2D eigenvalue weighted by atomic mass is 16.2. The molecule has 16 atom stereocenters. The molecular weight excluding hydrogens is 1870 g/mol. The summed E-state index contributed by atoms with van der Waals surface area (Å²) in [6.07, 6.45) is 15.2. The second kappa shape index (κ2) is 50.5. The Morgan fingerprint density at radius 2 is 0.365 bits per heavy atom. The van der Waals surface area contributed by atoms with Gasteiger partial charge in [0.05, 0.1) is 0 Å². The van der Waals surface area contributed by atoms with E-state index in [0.717, 1.165) is 95.9 Å². The van der Waals surface area contributed by atoms with Crippen molar-refractivity contribution in [2.75, 3.05) is 52.4 Å². The molecule has 0 aliphatic carbocycles. The minimum Gasteiger partial charge on any atom is -0.351 e. The number of hydrogen-bond acceptors (Lipinski definition) is 16. The molecule has 8 aromatic carbocycles. The van der Waals surface area contributed by atoms with Gasteiger partial charge in [0.15, 0.2) is 0 Å². The van der Waals surface area contributed by atoms with Crippen LogP contribution in [0, 0.1) is 17.8 Å². The number of ketones is 3. The summed E-state index contributed by atoms with van der Waals surface area (Å²) in [5, 5.41) is 15.4. The number of carbonyl (C=O) groups is 16. The molecule has 12 aliphatic rings. The highest BCUT2D eigenvalue weighted by molar-refractivity contribution is 6.00. The van der Waals surface area contributed by atoms with Gasteiger partial charge in [0.2, 0.25) is 76.8 Å². The van der Waals surface area contributed by atoms with Gasteiger partial charge in [-0.3, -0.25) is 76.7 Å². The number of benzene rings is 8. The van der Waals surface area contributed by atoms with Crippen LogP contribution in [0.15, 0.2) is 243 Å². The van der Waals surface area contributed by atoms with Crippen molar-refractivity contribution < 1.29 is 76.7 Å². The summed E-state index contributed by atoms with van der Waals surface area (Å²) < 4.78 is 0. The van der Waals surface area contributed by atoms with Crippen LogP contribution >= 0.6 is 0 Å². The molecule has 12 heterocycles. The Kier molecular flexibility index (Phi) is 35.9. The van der Waals surface area contributed by atoms with Crippen molar-refractivity contribution in [2.45, 2.75) is 278 Å². The first-order chi connectivity index (χ1) is 72.0. The van der Waals surface area contributed by atoms with Crippen LogP contribution in [0.5, 0.6) is 0 Å². The zero-order valence-corrected chi connectivity index (χ0v) is 84.5. The Bertz CT molecular complexity index is 5270. The Labute approximate surface area is 866 Å². The van der Waals surface area contributed by atoms with E-state index in [4.69, 9.17) is 0 Å². The summed E-state index contributed by atoms with van der Waals surface area (Å²) >= 11 is 0. The standard InChI is InChI=1S/3C30H35N3O4.C29H34N4O4/c3*34-25-19-23(17-21-9-3-1-4-10-21)29(36)33-16-8-14-27(33)30(37)32-15-7-13-26(32)28(35)31-24(20-25)18-22-11-5-2-6-12-22;34-26-19-22(17-20-9-3-1-4-10-20)30-27(35)24-13-7-15-32(24)29(37)25-14-8-16-33(25)28(36)23(31-26)18-21-11-5-2-6-12-21/h3*1-6,9-12,23-24,26-27H,7-8,13-20H2,(H,31,35);1-6,9-12,22-25H,7-8,13-19H2,(H,30,35)(H,31,34)/t23-,24+,26-,27+;23-,24-,26+,27+;23-,24-,26-,27+;22-,23+,24+,25+/m1100/s1. The van der Waals surface area contributed by atoms with E-state index in [1.165, 1.54) is 0 Å². The van der Waals surface area contributed by atoms with Gasteiger partial charge in [0, 0.05) is 146 Å². The highest BCUT2D eigenvalue weighted by Gasteiger charge is 2.51. The van der Waals surface area contributed by atoms with Crippen molar-refractivity contribution in [3.63, 3.8) is 0 Å². The topological polar surface area (TPSA) is 359 Å². The van der Waals surface area contributed by atoms with Crippen LogP contribution in [-0.2, 0) is 128 Å². The summed E-state index contributed by atoms with van der Waals surface area (Å²) in [4.78, 5) is 231. The molecule has 0 bridgehead atoms. The van der Waals surface area contributed by atoms with Crippen LogP contribution in [0.1, 0.15) is 192 Å². The molecule has 0 spiro atoms. The van der Waals surface area contributed by atoms with E-state index in [1.54, 1.807) is 39.2 Å². The lowest BCUT2D eigenvalue weighted by molar-refractivity contribution is -0.148. The van der Waals surface area contributed by atoms with Crippen molar-refractivity contribution in [3.05, 3.63) is 287 Å². The molecule has 5 N–H and O–H groups in total. The number of amides is 13. The number of carbonyl (C=O) groups excluding carboxylic acids is 16. The molecule has 12 fully saturated rings. The van der Waals surface area contributed by atoms with Gasteiger partial charge in [-0.25, -0.2) is 0 Å². The maximum Gasteiger partial charge on any atom is 0.246 e. The average molecular weight is 2010 g/mol. The fraction of sp³-hybridized carbons (Fsp3) is 0.462. The normalized spacial score (nSPS) is 27.1. The van der Waals surface area contributed by atoms with E-state index < -0.39 is 96.3 Å². The summed E-state index contributed by atoms with van der Waals surface area (Å²) in [6, 6.07) is 70.9. The molecule has 0 saturated carbocycles. The minimum absolute atomic E-state index is 0.0416. The van der Waals surface area contributed by atoms with Gasteiger partial charge < -0.3 is 65.8 Å². The average Bonchev–Trinajstić information content (AvgIpc) is 1.66. The smallest absolute Gasteiger partial charge is 0.246 e. The van der Waals surface area contributed by atoms with Crippen LogP contribution in [0.2, 0.25) is 0 Å². The van der Waals surface area contributed by atoms with Crippen molar-refractivity contribution in [1.29, 1.82) is 0 Å². The fourth-order valence-electron chi connectivity index (χ4n) is 24.4. The number of hydrogen-bond donors (Lipinski definition) is 5. The fourth-order valence-corrected chi connectivity index (χ4v) is 24.4. The molecular formula is C119H139N13O16. The van der Waals surface area contributed by atoms with Crippen LogP contribution in [0.4, 0.5) is 0 Å². The van der Waals surface area contributed by atoms with E-state index in [-0.39, 0.29) is 139 Å². The molecule has 0 unspecified atom stereocenters. The lowest BCUT2D eigenvalue weighted by atomic mass is 9.90. The molecule has 12 aliphatic heterocycles. The molecule has 29 nitrogen and oxygen atoms in total. The summed E-state index contributed by atoms with van der Waals surface area (Å²) in [7, 11) is 0. The van der Waals surface area contributed by atoms with Gasteiger partial charge in [0.1, 0.15) is 71.7 Å². The molecule has 12 saturated heterocycles. The molecule has 29 heteroatoms. The predicted octanol–water partition coefficient (Wildman–Crippen LogP) is 10.6. The SMILES string of the molecule is O=C1C[C@@H](Cc2ccccc2)NC(=O)[C@@H]2CCCN2C(=O)[C@@H]2CCCN2C(=O)[C@H](Cc2ccccc2)C1.O=C1C[C@H](Cc2ccccc2)NC(=O)[C@@H]2CCCN2C(=O)[C@H]2CCCN2C(=O)[C@@H](Cc2ccccc2)C1.O=C1C[C@H](Cc2ccccc2)NC(=O)[C@H]2CCCN2C(=O)[C@@H]2CCCN2C(=O)[C@H](Cc2ccccc2)C1.O=C1C[C@H](Cc2ccccc2)NC(=O)[C@H]2CCCN2C(=O)[C@H]2CCCN2C(=O)[C@@H](Cc2ccccc2)N1. The molecule has 0 aromatic heterocycles. The third-order valence-electron chi connectivity index (χ3n) is 31.5. The Hall–Kier alpha value is -14.1. The summed E-state index contributed by atoms with van der Waals surface area (Å²) in [5.41, 5.74) is 8.00. The van der Waals surface area contributed by atoms with Crippen LogP contribution in [-0.4, -0.2) is 264 Å². The van der Waals surface area contributed by atoms with Crippen molar-refractivity contribution in [3.8, 4) is 0 Å². The van der Waals surface area contributed by atoms with Crippen LogP contribution in [0.3, 0.4) is 0 Å². The van der Waals surface area contributed by atoms with E-state index in [2.05, 4.69) is 26.6 Å². The molecule has 148 heavy (non-hydrogen) atoms. The first-order valence-electron chi connectivity index (χ1n) is 53.8. The minimum atomic E-state index is -0.786. The second-order valence-corrected chi connectivity index (χ2v) is 42.1. The van der Waals surface area contributed by atoms with Crippen LogP contribution < -0.4 is 26.6 Å². The Morgan fingerprint density at radius 1 is 0.182 bits per heavy atom. The zero-order chi connectivity index (χ0) is 103. The number of nitrogens with one attached hydrogen (secondary N) is 5. The monoisotopic (exact) mass is 2010 g/mol. The van der Waals surface area contributed by atoms with E-state index in [1.807, 2.05) is 243 Å². The lowest BCUT2D eigenvalue weighted by Crippen LogP contribution is -2.56. The molecule has 8 aromatic rings. The van der Waals surface area contributed by atoms with Crippen LogP contribution in [0.25, 0.3) is 0 Å². The predicted molar refractivity (Wildman–Crippen MR) is 557 cm³/mol. The largest absolute Gasteiger partial charge is 0.351 e. The van der Waals surface area contributed by atoms with Gasteiger partial charge in [-0.05, 0) is 192 Å². The quantitative estimate of drug-likeness (QED) is 0.0600. The van der Waals surface area contributed by atoms with Gasteiger partial charge >= 0.3 is 0 Å². The Balaban J connectivity index is 0.000000135. The summed E-state index contributed by atoms with van der Waals surface area (Å²) in [6.45, 7) is 4.06. The molecule has 0 radical (unpaired) electrons. The third kappa shape index (κ3) is 26.9. The highest BCUT2D eigenvalue weighted by Crippen LogP contribution is 2.36. The first kappa shape index (κ1) is 105. The van der Waals surface area contributed by atoms with Crippen molar-refractivity contribution in [1.82, 2.24) is 65.8 Å². The molecule has 20 rings (SSSR count). The maximum absolute atomic E-state index is 13.9. The van der Waals surface area contributed by atoms with Gasteiger partial charge in [-0.1, -0.05) is 243 Å². The van der Waals surface area contributed by atoms with E-state index in [9.17, 15) is 76.7 Å². The first-order valence-corrected chi connectivity index (χ1v) is 53.8. The zero-order valence-electron chi connectivity index (χ0n) is 84.5.